The van der Waals surface area contributed by atoms with Gasteiger partial charge >= 0.3 is 0 Å². The van der Waals surface area contributed by atoms with E-state index in [0.29, 0.717) is 18.0 Å². The summed E-state index contributed by atoms with van der Waals surface area (Å²) in [5, 5.41) is 0. The van der Waals surface area contributed by atoms with Gasteiger partial charge in [0.25, 0.3) is 5.91 Å². The normalized spacial score (nSPS) is 10.2. The average molecular weight is 291 g/mol. The van der Waals surface area contributed by atoms with Crippen LogP contribution in [-0.2, 0) is 4.79 Å². The number of amides is 1. The lowest BCUT2D eigenvalue weighted by Gasteiger charge is -2.21. The molecule has 0 saturated heterocycles. The van der Waals surface area contributed by atoms with Crippen LogP contribution in [0.3, 0.4) is 0 Å². The van der Waals surface area contributed by atoms with Gasteiger partial charge in [0.15, 0.2) is 18.2 Å². The highest BCUT2D eigenvalue weighted by Gasteiger charge is 2.16. The zero-order chi connectivity index (χ0) is 15.2. The molecule has 2 rings (SSSR count). The maximum absolute atomic E-state index is 13.2. The van der Waals surface area contributed by atoms with E-state index in [9.17, 15) is 13.6 Å². The van der Waals surface area contributed by atoms with Gasteiger partial charge in [-0.15, -0.1) is 0 Å². The summed E-state index contributed by atoms with van der Waals surface area (Å²) < 4.78 is 31.5. The van der Waals surface area contributed by atoms with Crippen molar-refractivity contribution < 1.29 is 18.3 Å². The summed E-state index contributed by atoms with van der Waals surface area (Å²) in [6.45, 7) is 1.92. The number of likely N-dealkylation sites (N-methyl/N-ethyl adjacent to an activating group) is 1. The molecule has 0 N–H and O–H groups in total. The lowest BCUT2D eigenvalue weighted by Crippen LogP contribution is -2.34. The first-order valence-electron chi connectivity index (χ1n) is 6.55. The van der Waals surface area contributed by atoms with Crippen molar-refractivity contribution in [2.75, 3.05) is 18.1 Å². The van der Waals surface area contributed by atoms with Crippen LogP contribution >= 0.6 is 0 Å². The molecule has 0 bridgehead atoms. The summed E-state index contributed by atoms with van der Waals surface area (Å²) in [6, 6.07) is 12.3. The van der Waals surface area contributed by atoms with Crippen LogP contribution in [0.4, 0.5) is 14.5 Å². The topological polar surface area (TPSA) is 29.5 Å². The predicted molar refractivity (Wildman–Crippen MR) is 76.3 cm³/mol. The molecule has 0 fully saturated rings. The third-order valence-corrected chi connectivity index (χ3v) is 2.94. The molecule has 0 radical (unpaired) electrons. The molecular weight excluding hydrogens is 276 g/mol. The summed E-state index contributed by atoms with van der Waals surface area (Å²) in [4.78, 5) is 13.5. The molecule has 110 valence electrons. The third-order valence-electron chi connectivity index (χ3n) is 2.94. The number of carbonyl (C=O) groups is 1. The molecule has 0 aliphatic carbocycles. The molecule has 0 aliphatic rings. The SMILES string of the molecule is CCN(C(=O)COc1ccccc1)c1ccc(F)c(F)c1. The Hall–Kier alpha value is -2.43. The molecule has 2 aromatic carbocycles. The van der Waals surface area contributed by atoms with Crippen molar-refractivity contribution in [1.82, 2.24) is 0 Å². The molecule has 0 atom stereocenters. The molecule has 0 saturated carbocycles. The maximum Gasteiger partial charge on any atom is 0.264 e. The molecule has 1 amide bonds. The summed E-state index contributed by atoms with van der Waals surface area (Å²) in [7, 11) is 0. The van der Waals surface area contributed by atoms with Crippen LogP contribution in [0.5, 0.6) is 5.75 Å². The van der Waals surface area contributed by atoms with E-state index in [-0.39, 0.29) is 12.5 Å². The Morgan fingerprint density at radius 1 is 1.10 bits per heavy atom. The van der Waals surface area contributed by atoms with Gasteiger partial charge in [-0.2, -0.15) is 0 Å². The Morgan fingerprint density at radius 2 is 1.81 bits per heavy atom. The molecule has 21 heavy (non-hydrogen) atoms. The van der Waals surface area contributed by atoms with E-state index in [1.807, 2.05) is 6.07 Å². The Labute approximate surface area is 121 Å². The Bertz CT molecular complexity index is 617. The van der Waals surface area contributed by atoms with Gasteiger partial charge in [0.05, 0.1) is 0 Å². The van der Waals surface area contributed by atoms with Crippen LogP contribution in [0.15, 0.2) is 48.5 Å². The summed E-state index contributed by atoms with van der Waals surface area (Å²) >= 11 is 0. The number of anilines is 1. The van der Waals surface area contributed by atoms with Crippen LogP contribution in [0, 0.1) is 11.6 Å². The third kappa shape index (κ3) is 3.78. The predicted octanol–water partition coefficient (Wildman–Crippen LogP) is 3.40. The second-order valence-electron chi connectivity index (χ2n) is 4.34. The smallest absolute Gasteiger partial charge is 0.264 e. The highest BCUT2D eigenvalue weighted by atomic mass is 19.2. The highest BCUT2D eigenvalue weighted by molar-refractivity contribution is 5.94. The second kappa shape index (κ2) is 6.83. The molecule has 0 aliphatic heterocycles. The number of hydrogen-bond acceptors (Lipinski definition) is 2. The van der Waals surface area contributed by atoms with Gasteiger partial charge in [0.2, 0.25) is 0 Å². The number of ether oxygens (including phenoxy) is 1. The number of benzene rings is 2. The number of carbonyl (C=O) groups excluding carboxylic acids is 1. The van der Waals surface area contributed by atoms with Gasteiger partial charge in [-0.05, 0) is 31.2 Å². The number of nitrogens with zero attached hydrogens (tertiary/aromatic N) is 1. The number of halogens is 2. The van der Waals surface area contributed by atoms with Gasteiger partial charge in [0.1, 0.15) is 5.75 Å². The molecule has 3 nitrogen and oxygen atoms in total. The number of rotatable bonds is 5. The first kappa shape index (κ1) is 15.0. The molecule has 0 spiro atoms. The fourth-order valence-electron chi connectivity index (χ4n) is 1.90. The Balaban J connectivity index is 2.06. The minimum atomic E-state index is -0.984. The summed E-state index contributed by atoms with van der Waals surface area (Å²) in [5.74, 6) is -1.68. The van der Waals surface area contributed by atoms with Crippen molar-refractivity contribution >= 4 is 11.6 Å². The largest absolute Gasteiger partial charge is 0.484 e. The molecule has 0 aromatic heterocycles. The number of para-hydroxylation sites is 1. The van der Waals surface area contributed by atoms with E-state index in [0.717, 1.165) is 12.1 Å². The van der Waals surface area contributed by atoms with Crippen LogP contribution in [0.2, 0.25) is 0 Å². The molecule has 0 heterocycles. The van der Waals surface area contributed by atoms with E-state index < -0.39 is 11.6 Å². The molecule has 0 unspecified atom stereocenters. The molecule has 2 aromatic rings. The summed E-state index contributed by atoms with van der Waals surface area (Å²) in [6.07, 6.45) is 0. The highest BCUT2D eigenvalue weighted by Crippen LogP contribution is 2.18. The van der Waals surface area contributed by atoms with Gasteiger partial charge < -0.3 is 9.64 Å². The van der Waals surface area contributed by atoms with Crippen LogP contribution < -0.4 is 9.64 Å². The van der Waals surface area contributed by atoms with Crippen LogP contribution in [0.25, 0.3) is 0 Å². The zero-order valence-corrected chi connectivity index (χ0v) is 11.6. The minimum Gasteiger partial charge on any atom is -0.484 e. The van der Waals surface area contributed by atoms with Crippen molar-refractivity contribution in [3.63, 3.8) is 0 Å². The van der Waals surface area contributed by atoms with Crippen molar-refractivity contribution in [3.8, 4) is 5.75 Å². The van der Waals surface area contributed by atoms with Gasteiger partial charge in [-0.3, -0.25) is 4.79 Å². The average Bonchev–Trinajstić information content (AvgIpc) is 2.50. The minimum absolute atomic E-state index is 0.170. The maximum atomic E-state index is 13.2. The van der Waals surface area contributed by atoms with E-state index in [4.69, 9.17) is 4.74 Å². The first-order valence-corrected chi connectivity index (χ1v) is 6.55. The quantitative estimate of drug-likeness (QED) is 0.845. The lowest BCUT2D eigenvalue weighted by molar-refractivity contribution is -0.120. The van der Waals surface area contributed by atoms with Crippen molar-refractivity contribution in [2.24, 2.45) is 0 Å². The van der Waals surface area contributed by atoms with Gasteiger partial charge in [0, 0.05) is 18.3 Å². The van der Waals surface area contributed by atoms with Crippen LogP contribution in [-0.4, -0.2) is 19.1 Å². The fraction of sp³-hybridized carbons (Fsp3) is 0.188. The van der Waals surface area contributed by atoms with Gasteiger partial charge in [-0.1, -0.05) is 18.2 Å². The number of hydrogen-bond donors (Lipinski definition) is 0. The van der Waals surface area contributed by atoms with Crippen molar-refractivity contribution in [1.29, 1.82) is 0 Å². The van der Waals surface area contributed by atoms with E-state index in [1.165, 1.54) is 11.0 Å². The first-order chi connectivity index (χ1) is 10.1. The molecule has 5 heteroatoms. The summed E-state index contributed by atoms with van der Waals surface area (Å²) in [5.41, 5.74) is 0.304. The van der Waals surface area contributed by atoms with Crippen molar-refractivity contribution in [2.45, 2.75) is 6.92 Å². The Morgan fingerprint density at radius 3 is 2.43 bits per heavy atom. The standard InChI is InChI=1S/C16H15F2NO2/c1-2-19(12-8-9-14(17)15(18)10-12)16(20)11-21-13-6-4-3-5-7-13/h3-10H,2,11H2,1H3. The van der Waals surface area contributed by atoms with Crippen LogP contribution in [0.1, 0.15) is 6.92 Å². The monoisotopic (exact) mass is 291 g/mol. The van der Waals surface area contributed by atoms with E-state index in [2.05, 4.69) is 0 Å². The second-order valence-corrected chi connectivity index (χ2v) is 4.34. The zero-order valence-electron chi connectivity index (χ0n) is 11.6. The van der Waals surface area contributed by atoms with E-state index in [1.54, 1.807) is 31.2 Å². The Kier molecular flexibility index (Phi) is 4.87. The van der Waals surface area contributed by atoms with Gasteiger partial charge in [-0.25, -0.2) is 8.78 Å². The fourth-order valence-corrected chi connectivity index (χ4v) is 1.90. The van der Waals surface area contributed by atoms with Crippen molar-refractivity contribution in [3.05, 3.63) is 60.2 Å². The molecular formula is C16H15F2NO2. The lowest BCUT2D eigenvalue weighted by atomic mass is 10.2. The van der Waals surface area contributed by atoms with E-state index >= 15 is 0 Å².